The molecule has 108 valence electrons. The molecule has 1 N–H and O–H groups in total. The van der Waals surface area contributed by atoms with Gasteiger partial charge in [-0.15, -0.1) is 0 Å². The number of rotatable bonds is 7. The molecule has 19 heavy (non-hydrogen) atoms. The smallest absolute Gasteiger partial charge is 0.242 e. The topological polar surface area (TPSA) is 49.4 Å². The molecule has 1 rings (SSSR count). The van der Waals surface area contributed by atoms with Gasteiger partial charge in [-0.05, 0) is 37.1 Å². The van der Waals surface area contributed by atoms with Crippen molar-refractivity contribution in [1.29, 1.82) is 0 Å². The Labute approximate surface area is 124 Å². The van der Waals surface area contributed by atoms with Crippen molar-refractivity contribution >= 4 is 31.6 Å². The summed E-state index contributed by atoms with van der Waals surface area (Å²) in [5.41, 5.74) is 0.938. The van der Waals surface area contributed by atoms with Crippen molar-refractivity contribution in [2.24, 2.45) is 0 Å². The predicted octanol–water partition coefficient (Wildman–Crippen LogP) is 2.91. The molecule has 0 radical (unpaired) electrons. The maximum atomic E-state index is 11.9. The molecule has 0 aliphatic rings. The zero-order valence-electron chi connectivity index (χ0n) is 11.6. The van der Waals surface area contributed by atoms with Crippen molar-refractivity contribution in [3.63, 3.8) is 0 Å². The first-order valence-corrected chi connectivity index (χ1v) is 8.64. The number of hydrogen-bond donors (Lipinski definition) is 1. The monoisotopic (exact) mass is 348 g/mol. The van der Waals surface area contributed by atoms with Gasteiger partial charge >= 0.3 is 0 Å². The normalized spacial score (nSPS) is 13.5. The van der Waals surface area contributed by atoms with Gasteiger partial charge in [0.15, 0.2) is 0 Å². The predicted molar refractivity (Wildman–Crippen MR) is 83.4 cm³/mol. The van der Waals surface area contributed by atoms with E-state index >= 15 is 0 Å². The van der Waals surface area contributed by atoms with E-state index in [2.05, 4.69) is 28.2 Å². The molecule has 4 nitrogen and oxygen atoms in total. The van der Waals surface area contributed by atoms with Crippen LogP contribution in [0.2, 0.25) is 0 Å². The molecule has 0 fully saturated rings. The molecule has 0 saturated heterocycles. The largest absolute Gasteiger partial charge is 0.385 e. The van der Waals surface area contributed by atoms with Crippen LogP contribution in [0.1, 0.15) is 19.8 Å². The molecule has 0 amide bonds. The number of nitrogens with one attached hydrogen (secondary N) is 1. The molecule has 6 heteroatoms. The van der Waals surface area contributed by atoms with Gasteiger partial charge in [-0.1, -0.05) is 22.9 Å². The Morgan fingerprint density at radius 3 is 2.32 bits per heavy atom. The van der Waals surface area contributed by atoms with E-state index in [9.17, 15) is 8.42 Å². The summed E-state index contributed by atoms with van der Waals surface area (Å²) < 4.78 is 25.0. The number of hydrogen-bond acceptors (Lipinski definition) is 3. The van der Waals surface area contributed by atoms with Crippen LogP contribution in [0.3, 0.4) is 0 Å². The highest BCUT2D eigenvalue weighted by Gasteiger charge is 2.16. The van der Waals surface area contributed by atoms with Crippen LogP contribution in [0.4, 0.5) is 5.69 Å². The SMILES string of the molecule is CCC(Br)CCNc1ccc(S(=O)(=O)N(C)C)cc1. The fraction of sp³-hybridized carbons (Fsp3) is 0.538. The van der Waals surface area contributed by atoms with Crippen LogP contribution < -0.4 is 5.32 Å². The molecular weight excluding hydrogens is 328 g/mol. The Morgan fingerprint density at radius 1 is 1.26 bits per heavy atom. The quantitative estimate of drug-likeness (QED) is 0.770. The van der Waals surface area contributed by atoms with E-state index in [1.165, 1.54) is 18.4 Å². The van der Waals surface area contributed by atoms with Crippen LogP contribution in [0.5, 0.6) is 0 Å². The Kier molecular flexibility index (Phi) is 6.29. The molecule has 0 spiro atoms. The lowest BCUT2D eigenvalue weighted by Crippen LogP contribution is -2.22. The molecule has 0 aliphatic heterocycles. The second-order valence-electron chi connectivity index (χ2n) is 4.53. The van der Waals surface area contributed by atoms with Gasteiger partial charge in [-0.25, -0.2) is 12.7 Å². The zero-order valence-corrected chi connectivity index (χ0v) is 14.0. The average molecular weight is 349 g/mol. The average Bonchev–Trinajstić information content (AvgIpc) is 2.39. The summed E-state index contributed by atoms with van der Waals surface area (Å²) in [7, 11) is -0.273. The van der Waals surface area contributed by atoms with Gasteiger partial charge in [-0.3, -0.25) is 0 Å². The van der Waals surface area contributed by atoms with E-state index in [1.807, 2.05) is 0 Å². The number of anilines is 1. The van der Waals surface area contributed by atoms with Crippen LogP contribution in [0, 0.1) is 0 Å². The molecule has 1 atom stereocenters. The van der Waals surface area contributed by atoms with Crippen LogP contribution in [-0.4, -0.2) is 38.2 Å². The number of alkyl halides is 1. The molecule has 1 unspecified atom stereocenters. The molecule has 0 aliphatic carbocycles. The van der Waals surface area contributed by atoms with Crippen LogP contribution in [-0.2, 0) is 10.0 Å². The molecule has 0 saturated carbocycles. The van der Waals surface area contributed by atoms with Crippen LogP contribution in [0.25, 0.3) is 0 Å². The van der Waals surface area contributed by atoms with Crippen molar-refractivity contribution in [3.8, 4) is 0 Å². The number of halogens is 1. The number of benzene rings is 1. The molecule has 0 aromatic heterocycles. The Bertz CT molecular complexity index is 486. The third-order valence-electron chi connectivity index (χ3n) is 2.86. The van der Waals surface area contributed by atoms with Gasteiger partial charge in [0.25, 0.3) is 0 Å². The molecule has 1 aromatic carbocycles. The number of sulfonamides is 1. The fourth-order valence-corrected chi connectivity index (χ4v) is 2.66. The first kappa shape index (κ1) is 16.5. The molecule has 0 heterocycles. The summed E-state index contributed by atoms with van der Waals surface area (Å²) in [6, 6.07) is 6.85. The Balaban J connectivity index is 2.62. The third-order valence-corrected chi connectivity index (χ3v) is 5.80. The minimum absolute atomic E-state index is 0.315. The van der Waals surface area contributed by atoms with Crippen molar-refractivity contribution in [1.82, 2.24) is 4.31 Å². The summed E-state index contributed by atoms with van der Waals surface area (Å²) in [4.78, 5) is 0.836. The molecular formula is C13H21BrN2O2S. The summed E-state index contributed by atoms with van der Waals surface area (Å²) >= 11 is 3.58. The third kappa shape index (κ3) is 4.78. The fourth-order valence-electron chi connectivity index (χ4n) is 1.53. The van der Waals surface area contributed by atoms with Gasteiger partial charge in [0.05, 0.1) is 4.90 Å². The maximum Gasteiger partial charge on any atom is 0.242 e. The second-order valence-corrected chi connectivity index (χ2v) is 7.98. The standard InChI is InChI=1S/C13H21BrN2O2S/c1-4-11(14)9-10-15-12-5-7-13(8-6-12)19(17,18)16(2)3/h5-8,11,15H,4,9-10H2,1-3H3. The van der Waals surface area contributed by atoms with E-state index < -0.39 is 10.0 Å². The van der Waals surface area contributed by atoms with Gasteiger partial charge < -0.3 is 5.32 Å². The van der Waals surface area contributed by atoms with Crippen molar-refractivity contribution < 1.29 is 8.42 Å². The first-order chi connectivity index (χ1) is 8.87. The minimum atomic E-state index is -3.33. The summed E-state index contributed by atoms with van der Waals surface area (Å²) in [5, 5.41) is 3.28. The van der Waals surface area contributed by atoms with Crippen molar-refractivity contribution in [3.05, 3.63) is 24.3 Å². The minimum Gasteiger partial charge on any atom is -0.385 e. The van der Waals surface area contributed by atoms with E-state index in [-0.39, 0.29) is 0 Å². The van der Waals surface area contributed by atoms with Gasteiger partial charge in [-0.2, -0.15) is 0 Å². The summed E-state index contributed by atoms with van der Waals surface area (Å²) in [5.74, 6) is 0. The zero-order chi connectivity index (χ0) is 14.5. The van der Waals surface area contributed by atoms with E-state index in [0.717, 1.165) is 25.1 Å². The second kappa shape index (κ2) is 7.26. The maximum absolute atomic E-state index is 11.9. The van der Waals surface area contributed by atoms with Gasteiger partial charge in [0.1, 0.15) is 0 Å². The first-order valence-electron chi connectivity index (χ1n) is 6.28. The van der Waals surface area contributed by atoms with Crippen molar-refractivity contribution in [2.75, 3.05) is 26.0 Å². The van der Waals surface area contributed by atoms with Gasteiger partial charge in [0, 0.05) is 31.2 Å². The number of nitrogens with zero attached hydrogens (tertiary/aromatic N) is 1. The highest BCUT2D eigenvalue weighted by atomic mass is 79.9. The summed E-state index contributed by atoms with van der Waals surface area (Å²) in [6.07, 6.45) is 2.13. The van der Waals surface area contributed by atoms with Crippen molar-refractivity contribution in [2.45, 2.75) is 29.5 Å². The molecule has 0 bridgehead atoms. The van der Waals surface area contributed by atoms with Gasteiger partial charge in [0.2, 0.25) is 10.0 Å². The lowest BCUT2D eigenvalue weighted by Gasteiger charge is -2.13. The van der Waals surface area contributed by atoms with E-state index in [4.69, 9.17) is 0 Å². The van der Waals surface area contributed by atoms with Crippen LogP contribution >= 0.6 is 15.9 Å². The summed E-state index contributed by atoms with van der Waals surface area (Å²) in [6.45, 7) is 3.00. The lowest BCUT2D eigenvalue weighted by molar-refractivity contribution is 0.521. The van der Waals surface area contributed by atoms with E-state index in [1.54, 1.807) is 24.3 Å². The van der Waals surface area contributed by atoms with Crippen LogP contribution in [0.15, 0.2) is 29.2 Å². The highest BCUT2D eigenvalue weighted by molar-refractivity contribution is 9.09. The Hall–Kier alpha value is -0.590. The lowest BCUT2D eigenvalue weighted by atomic mass is 10.2. The Morgan fingerprint density at radius 2 is 1.84 bits per heavy atom. The highest BCUT2D eigenvalue weighted by Crippen LogP contribution is 2.17. The molecule has 1 aromatic rings. The van der Waals surface area contributed by atoms with E-state index in [0.29, 0.717) is 9.72 Å².